The van der Waals surface area contributed by atoms with Gasteiger partial charge >= 0.3 is 11.6 Å². The topological polar surface area (TPSA) is 122 Å². The summed E-state index contributed by atoms with van der Waals surface area (Å²) in [5, 5.41) is 11.2. The van der Waals surface area contributed by atoms with Crippen LogP contribution < -0.4 is 24.6 Å². The molecule has 0 radical (unpaired) electrons. The molecule has 4 aromatic rings. The van der Waals surface area contributed by atoms with Gasteiger partial charge in [0.05, 0.1) is 32.6 Å². The smallest absolute Gasteiger partial charge is 0.336 e. The van der Waals surface area contributed by atoms with E-state index in [0.717, 1.165) is 11.3 Å². The molecular formula is C31H28O9. The van der Waals surface area contributed by atoms with Crippen LogP contribution in [0.2, 0.25) is 0 Å². The van der Waals surface area contributed by atoms with Gasteiger partial charge in [-0.1, -0.05) is 18.2 Å². The Hall–Kier alpha value is -4.79. The number of aryl methyl sites for hydroxylation is 1. The lowest BCUT2D eigenvalue weighted by molar-refractivity contribution is -0.135. The maximum absolute atomic E-state index is 12.7. The van der Waals surface area contributed by atoms with E-state index in [4.69, 9.17) is 23.4 Å². The first-order chi connectivity index (χ1) is 19.2. The first-order valence-electron chi connectivity index (χ1n) is 12.7. The maximum Gasteiger partial charge on any atom is 0.336 e. The Labute approximate surface area is 229 Å². The van der Waals surface area contributed by atoms with E-state index < -0.39 is 29.0 Å². The lowest BCUT2D eigenvalue weighted by atomic mass is 9.82. The van der Waals surface area contributed by atoms with Crippen molar-refractivity contribution in [3.63, 3.8) is 0 Å². The highest BCUT2D eigenvalue weighted by atomic mass is 16.5. The second kappa shape index (κ2) is 10.8. The van der Waals surface area contributed by atoms with Crippen molar-refractivity contribution in [2.45, 2.75) is 32.6 Å². The Kier molecular flexibility index (Phi) is 7.21. The van der Waals surface area contributed by atoms with Gasteiger partial charge < -0.3 is 28.5 Å². The average Bonchev–Trinajstić information content (AvgIpc) is 2.92. The quantitative estimate of drug-likeness (QED) is 0.140. The molecule has 0 aliphatic carbocycles. The SMILES string of the molecule is COc1ccc(CCOc2ccc([C@H]3CC(=O)Oc4c(C(C)=O)c(O)c5c(C)cc(=O)oc5c43)cc2OC)cc1. The zero-order valence-electron chi connectivity index (χ0n) is 22.5. The molecule has 0 bridgehead atoms. The molecule has 1 aliphatic heterocycles. The fourth-order valence-corrected chi connectivity index (χ4v) is 5.11. The molecule has 9 nitrogen and oxygen atoms in total. The van der Waals surface area contributed by atoms with Gasteiger partial charge in [-0.25, -0.2) is 4.79 Å². The lowest BCUT2D eigenvalue weighted by Gasteiger charge is -2.28. The molecule has 2 heterocycles. The summed E-state index contributed by atoms with van der Waals surface area (Å²) in [6.45, 7) is 3.31. The van der Waals surface area contributed by atoms with Gasteiger partial charge in [-0.15, -0.1) is 0 Å². The van der Waals surface area contributed by atoms with Gasteiger partial charge in [0.1, 0.15) is 22.6 Å². The zero-order chi connectivity index (χ0) is 28.6. The van der Waals surface area contributed by atoms with Gasteiger partial charge in [0.15, 0.2) is 23.0 Å². The highest BCUT2D eigenvalue weighted by Gasteiger charge is 2.37. The van der Waals surface area contributed by atoms with Gasteiger partial charge in [0.25, 0.3) is 0 Å². The number of ether oxygens (including phenoxy) is 4. The molecule has 0 fully saturated rings. The highest BCUT2D eigenvalue weighted by molar-refractivity contribution is 6.09. The first kappa shape index (κ1) is 26.8. The van der Waals surface area contributed by atoms with Crippen molar-refractivity contribution in [1.82, 2.24) is 0 Å². The van der Waals surface area contributed by atoms with E-state index in [9.17, 15) is 19.5 Å². The van der Waals surface area contributed by atoms with E-state index in [1.807, 2.05) is 24.3 Å². The monoisotopic (exact) mass is 544 g/mol. The number of phenols is 1. The number of carbonyl (C=O) groups is 2. The predicted octanol–water partition coefficient (Wildman–Crippen LogP) is 5.09. The summed E-state index contributed by atoms with van der Waals surface area (Å²) in [5.41, 5.74) is 1.82. The van der Waals surface area contributed by atoms with Gasteiger partial charge in [0.2, 0.25) is 0 Å². The third-order valence-corrected chi connectivity index (χ3v) is 7.03. The summed E-state index contributed by atoms with van der Waals surface area (Å²) in [4.78, 5) is 37.7. The van der Waals surface area contributed by atoms with Crippen LogP contribution in [0.25, 0.3) is 11.0 Å². The molecule has 1 aromatic heterocycles. The largest absolute Gasteiger partial charge is 0.506 e. The number of ketones is 1. The number of Topliss-reactive ketones (excluding diaryl/α,β-unsaturated/α-hetero) is 1. The first-order valence-corrected chi connectivity index (χ1v) is 12.7. The standard InChI is InChI=1S/C31H28O9/c1-16-13-24(33)39-30-26(16)29(35)27(17(2)32)31-28(30)21(15-25(34)40-31)19-7-10-22(23(14-19)37-4)38-12-11-18-5-8-20(36-3)9-6-18/h5-10,13-14,21,35H,11-12,15H2,1-4H3/t21-/m1/s1. The number of hydrogen-bond acceptors (Lipinski definition) is 9. The predicted molar refractivity (Wildman–Crippen MR) is 146 cm³/mol. The van der Waals surface area contributed by atoms with E-state index in [1.54, 1.807) is 32.2 Å². The molecule has 1 atom stereocenters. The second-order valence-corrected chi connectivity index (χ2v) is 9.56. The highest BCUT2D eigenvalue weighted by Crippen LogP contribution is 2.50. The summed E-state index contributed by atoms with van der Waals surface area (Å²) in [6.07, 6.45) is 0.584. The molecule has 1 aliphatic rings. The van der Waals surface area contributed by atoms with Crippen LogP contribution in [0, 0.1) is 6.92 Å². The van der Waals surface area contributed by atoms with Crippen LogP contribution in [-0.4, -0.2) is 37.7 Å². The summed E-state index contributed by atoms with van der Waals surface area (Å²) >= 11 is 0. The van der Waals surface area contributed by atoms with E-state index in [0.29, 0.717) is 41.2 Å². The number of rotatable bonds is 8. The van der Waals surface area contributed by atoms with Crippen LogP contribution in [0.5, 0.6) is 28.7 Å². The van der Waals surface area contributed by atoms with Crippen molar-refractivity contribution in [3.8, 4) is 28.7 Å². The summed E-state index contributed by atoms with van der Waals surface area (Å²) < 4.78 is 27.8. The molecule has 5 rings (SSSR count). The Balaban J connectivity index is 1.54. The van der Waals surface area contributed by atoms with Gasteiger partial charge in [0, 0.05) is 24.0 Å². The number of esters is 1. The Morgan fingerprint density at radius 3 is 2.45 bits per heavy atom. The van der Waals surface area contributed by atoms with E-state index >= 15 is 0 Å². The summed E-state index contributed by atoms with van der Waals surface area (Å²) in [5.74, 6) is -0.491. The average molecular weight is 545 g/mol. The fraction of sp³-hybridized carbons (Fsp3) is 0.258. The molecule has 206 valence electrons. The van der Waals surface area contributed by atoms with E-state index in [2.05, 4.69) is 0 Å². The number of fused-ring (bicyclic) bond motifs is 3. The minimum Gasteiger partial charge on any atom is -0.506 e. The molecule has 3 aromatic carbocycles. The molecule has 0 amide bonds. The molecule has 0 unspecified atom stereocenters. The van der Waals surface area contributed by atoms with Crippen LogP contribution in [0.15, 0.2) is 57.7 Å². The molecule has 0 spiro atoms. The fourth-order valence-electron chi connectivity index (χ4n) is 5.11. The number of benzene rings is 3. The minimum absolute atomic E-state index is 0.0683. The number of hydrogen-bond donors (Lipinski definition) is 1. The third-order valence-electron chi connectivity index (χ3n) is 7.03. The molecule has 9 heteroatoms. The number of carbonyl (C=O) groups excluding carboxylic acids is 2. The molecule has 40 heavy (non-hydrogen) atoms. The third kappa shape index (κ3) is 4.86. The Bertz CT molecular complexity index is 1680. The van der Waals surface area contributed by atoms with Gasteiger partial charge in [-0.05, 0) is 54.8 Å². The van der Waals surface area contributed by atoms with Crippen molar-refractivity contribution < 1.29 is 38.1 Å². The van der Waals surface area contributed by atoms with Crippen LogP contribution in [0.1, 0.15) is 51.9 Å². The summed E-state index contributed by atoms with van der Waals surface area (Å²) in [7, 11) is 3.14. The molecule has 0 saturated carbocycles. The number of aromatic hydroxyl groups is 1. The normalized spacial score (nSPS) is 14.4. The van der Waals surface area contributed by atoms with Crippen molar-refractivity contribution in [1.29, 1.82) is 0 Å². The van der Waals surface area contributed by atoms with Crippen LogP contribution >= 0.6 is 0 Å². The van der Waals surface area contributed by atoms with E-state index in [-0.39, 0.29) is 28.7 Å². The Morgan fingerprint density at radius 2 is 1.77 bits per heavy atom. The van der Waals surface area contributed by atoms with Crippen molar-refractivity contribution >= 4 is 22.7 Å². The minimum atomic E-state index is -0.648. The second-order valence-electron chi connectivity index (χ2n) is 9.56. The Morgan fingerprint density at radius 1 is 1.02 bits per heavy atom. The number of methoxy groups -OCH3 is 2. The van der Waals surface area contributed by atoms with Gasteiger partial charge in [-0.3, -0.25) is 9.59 Å². The van der Waals surface area contributed by atoms with Crippen molar-refractivity contribution in [2.75, 3.05) is 20.8 Å². The van der Waals surface area contributed by atoms with Crippen LogP contribution in [0.3, 0.4) is 0 Å². The number of phenolic OH excluding ortho intramolecular Hbond substituents is 1. The molecule has 0 saturated heterocycles. The molecule has 1 N–H and O–H groups in total. The van der Waals surface area contributed by atoms with Crippen LogP contribution in [0.4, 0.5) is 0 Å². The molecular weight excluding hydrogens is 516 g/mol. The summed E-state index contributed by atoms with van der Waals surface area (Å²) in [6, 6.07) is 14.2. The van der Waals surface area contributed by atoms with Crippen LogP contribution in [-0.2, 0) is 11.2 Å². The maximum atomic E-state index is 12.7. The van der Waals surface area contributed by atoms with E-state index in [1.165, 1.54) is 20.1 Å². The lowest BCUT2D eigenvalue weighted by Crippen LogP contribution is -2.24. The van der Waals surface area contributed by atoms with Crippen molar-refractivity contribution in [2.24, 2.45) is 0 Å². The van der Waals surface area contributed by atoms with Gasteiger partial charge in [-0.2, -0.15) is 0 Å². The zero-order valence-corrected chi connectivity index (χ0v) is 22.5. The van der Waals surface area contributed by atoms with Crippen molar-refractivity contribution in [3.05, 3.63) is 86.8 Å².